The van der Waals surface area contributed by atoms with Gasteiger partial charge < -0.3 is 14.7 Å². The Kier molecular flexibility index (Phi) is 4.09. The summed E-state index contributed by atoms with van der Waals surface area (Å²) >= 11 is 0. The van der Waals surface area contributed by atoms with Gasteiger partial charge in [0.05, 0.1) is 19.5 Å². The van der Waals surface area contributed by atoms with Crippen molar-refractivity contribution >= 4 is 11.9 Å². The molecule has 0 bridgehead atoms. The highest BCUT2D eigenvalue weighted by Crippen LogP contribution is 2.25. The molecule has 0 spiro atoms. The van der Waals surface area contributed by atoms with Gasteiger partial charge in [-0.25, -0.2) is 4.79 Å². The maximum absolute atomic E-state index is 12.1. The van der Waals surface area contributed by atoms with Gasteiger partial charge in [0.2, 0.25) is 5.91 Å². The van der Waals surface area contributed by atoms with E-state index in [4.69, 9.17) is 9.84 Å². The summed E-state index contributed by atoms with van der Waals surface area (Å²) in [6.07, 6.45) is 0.370. The lowest BCUT2D eigenvalue weighted by molar-refractivity contribution is -0.172. The average molecular weight is 277 g/mol. The van der Waals surface area contributed by atoms with Crippen LogP contribution in [0, 0.1) is 6.92 Å². The number of carbonyl (C=O) groups is 2. The Morgan fingerprint density at radius 3 is 2.45 bits per heavy atom. The standard InChI is InChI=1S/C15H19NO4/c1-11-3-5-12(6-4-11)7-13(17)16-9-15(2,10-16)20-8-14(18)19/h3-6H,7-10H2,1-2H3,(H,18,19). The Morgan fingerprint density at radius 2 is 1.90 bits per heavy atom. The fourth-order valence-corrected chi connectivity index (χ4v) is 2.26. The highest BCUT2D eigenvalue weighted by molar-refractivity contribution is 5.80. The number of hydrogen-bond acceptors (Lipinski definition) is 3. The van der Waals surface area contributed by atoms with Crippen LogP contribution < -0.4 is 0 Å². The summed E-state index contributed by atoms with van der Waals surface area (Å²) in [6, 6.07) is 7.87. The smallest absolute Gasteiger partial charge is 0.329 e. The van der Waals surface area contributed by atoms with E-state index in [1.165, 1.54) is 5.56 Å². The topological polar surface area (TPSA) is 66.8 Å². The molecule has 0 radical (unpaired) electrons. The van der Waals surface area contributed by atoms with Crippen molar-refractivity contribution in [3.8, 4) is 0 Å². The largest absolute Gasteiger partial charge is 0.480 e. The van der Waals surface area contributed by atoms with Crippen LogP contribution in [0.15, 0.2) is 24.3 Å². The maximum Gasteiger partial charge on any atom is 0.329 e. The summed E-state index contributed by atoms with van der Waals surface area (Å²) in [4.78, 5) is 24.2. The van der Waals surface area contributed by atoms with Crippen LogP contribution in [0.2, 0.25) is 0 Å². The number of aliphatic carboxylic acids is 1. The third-order valence-electron chi connectivity index (χ3n) is 3.42. The van der Waals surface area contributed by atoms with E-state index in [1.54, 1.807) is 4.90 Å². The third-order valence-corrected chi connectivity index (χ3v) is 3.42. The van der Waals surface area contributed by atoms with Gasteiger partial charge in [0.15, 0.2) is 0 Å². The van der Waals surface area contributed by atoms with E-state index in [1.807, 2.05) is 38.1 Å². The van der Waals surface area contributed by atoms with E-state index < -0.39 is 11.6 Å². The summed E-state index contributed by atoms with van der Waals surface area (Å²) in [6.45, 7) is 4.41. The molecule has 0 aromatic heterocycles. The average Bonchev–Trinajstić information content (AvgIpc) is 2.35. The zero-order chi connectivity index (χ0) is 14.8. The van der Waals surface area contributed by atoms with E-state index in [0.29, 0.717) is 19.5 Å². The first-order valence-corrected chi connectivity index (χ1v) is 6.57. The van der Waals surface area contributed by atoms with Crippen LogP contribution in [0.3, 0.4) is 0 Å². The summed E-state index contributed by atoms with van der Waals surface area (Å²) < 4.78 is 5.28. The lowest BCUT2D eigenvalue weighted by Crippen LogP contribution is -2.63. The van der Waals surface area contributed by atoms with Gasteiger partial charge in [-0.2, -0.15) is 0 Å². The number of rotatable bonds is 5. The first-order chi connectivity index (χ1) is 9.38. The number of hydrogen-bond donors (Lipinski definition) is 1. The lowest BCUT2D eigenvalue weighted by Gasteiger charge is -2.47. The SMILES string of the molecule is Cc1ccc(CC(=O)N2CC(C)(OCC(=O)O)C2)cc1. The molecule has 1 aromatic rings. The first-order valence-electron chi connectivity index (χ1n) is 6.57. The van der Waals surface area contributed by atoms with Crippen LogP contribution in [0.5, 0.6) is 0 Å². The summed E-state index contributed by atoms with van der Waals surface area (Å²) in [5.74, 6) is -0.944. The molecular weight excluding hydrogens is 258 g/mol. The van der Waals surface area contributed by atoms with Crippen molar-refractivity contribution < 1.29 is 19.4 Å². The van der Waals surface area contributed by atoms with Gasteiger partial charge in [-0.15, -0.1) is 0 Å². The number of carbonyl (C=O) groups excluding carboxylic acids is 1. The highest BCUT2D eigenvalue weighted by Gasteiger charge is 2.42. The monoisotopic (exact) mass is 277 g/mol. The van der Waals surface area contributed by atoms with Crippen LogP contribution in [0.25, 0.3) is 0 Å². The molecule has 20 heavy (non-hydrogen) atoms. The van der Waals surface area contributed by atoms with Crippen LogP contribution in [0.1, 0.15) is 18.1 Å². The number of amides is 1. The second-order valence-corrected chi connectivity index (χ2v) is 5.54. The first kappa shape index (κ1) is 14.5. The lowest BCUT2D eigenvalue weighted by atomic mass is 9.95. The highest BCUT2D eigenvalue weighted by atomic mass is 16.5. The number of nitrogens with zero attached hydrogens (tertiary/aromatic N) is 1. The molecule has 5 heteroatoms. The molecule has 2 rings (SSSR count). The maximum atomic E-state index is 12.1. The van der Waals surface area contributed by atoms with Crippen LogP contribution in [0.4, 0.5) is 0 Å². The van der Waals surface area contributed by atoms with E-state index in [-0.39, 0.29) is 12.5 Å². The minimum atomic E-state index is -0.990. The van der Waals surface area contributed by atoms with Gasteiger partial charge in [-0.3, -0.25) is 4.79 Å². The van der Waals surface area contributed by atoms with Crippen molar-refractivity contribution in [1.82, 2.24) is 4.90 Å². The normalized spacial score (nSPS) is 16.6. The zero-order valence-corrected chi connectivity index (χ0v) is 11.8. The predicted octanol–water partition coefficient (Wildman–Crippen LogP) is 1.24. The second-order valence-electron chi connectivity index (χ2n) is 5.54. The van der Waals surface area contributed by atoms with Gasteiger partial charge in [0, 0.05) is 0 Å². The van der Waals surface area contributed by atoms with E-state index in [2.05, 4.69) is 0 Å². The molecule has 1 saturated heterocycles. The molecule has 1 heterocycles. The molecule has 1 fully saturated rings. The van der Waals surface area contributed by atoms with Gasteiger partial charge in [0.25, 0.3) is 0 Å². The van der Waals surface area contributed by atoms with Gasteiger partial charge in [0.1, 0.15) is 12.2 Å². The predicted molar refractivity (Wildman–Crippen MR) is 73.5 cm³/mol. The van der Waals surface area contributed by atoms with E-state index in [0.717, 1.165) is 5.56 Å². The summed E-state index contributed by atoms with van der Waals surface area (Å²) in [7, 11) is 0. The van der Waals surface area contributed by atoms with Crippen molar-refractivity contribution in [2.45, 2.75) is 25.9 Å². The van der Waals surface area contributed by atoms with Crippen molar-refractivity contribution in [2.24, 2.45) is 0 Å². The molecular formula is C15H19NO4. The Morgan fingerprint density at radius 1 is 1.30 bits per heavy atom. The van der Waals surface area contributed by atoms with Crippen molar-refractivity contribution in [3.63, 3.8) is 0 Å². The fourth-order valence-electron chi connectivity index (χ4n) is 2.26. The summed E-state index contributed by atoms with van der Waals surface area (Å²) in [5.41, 5.74) is 1.63. The molecule has 1 amide bonds. The molecule has 1 aliphatic rings. The number of benzene rings is 1. The van der Waals surface area contributed by atoms with Gasteiger partial charge in [-0.1, -0.05) is 29.8 Å². The molecule has 0 unspecified atom stereocenters. The molecule has 0 atom stereocenters. The Balaban J connectivity index is 1.81. The number of carboxylic acid groups (broad SMARTS) is 1. The van der Waals surface area contributed by atoms with Crippen LogP contribution in [-0.4, -0.2) is 47.2 Å². The third kappa shape index (κ3) is 3.57. The molecule has 5 nitrogen and oxygen atoms in total. The van der Waals surface area contributed by atoms with Crippen molar-refractivity contribution in [2.75, 3.05) is 19.7 Å². The number of aryl methyl sites for hydroxylation is 1. The number of ether oxygens (including phenoxy) is 1. The van der Waals surface area contributed by atoms with Gasteiger partial charge >= 0.3 is 5.97 Å². The quantitative estimate of drug-likeness (QED) is 0.879. The number of carboxylic acids is 1. The molecule has 1 aliphatic heterocycles. The summed E-state index contributed by atoms with van der Waals surface area (Å²) in [5, 5.41) is 8.58. The Hall–Kier alpha value is -1.88. The molecule has 0 aliphatic carbocycles. The number of likely N-dealkylation sites (tertiary alicyclic amines) is 1. The van der Waals surface area contributed by atoms with E-state index >= 15 is 0 Å². The second kappa shape index (κ2) is 5.63. The zero-order valence-electron chi connectivity index (χ0n) is 11.8. The van der Waals surface area contributed by atoms with Gasteiger partial charge in [-0.05, 0) is 19.4 Å². The minimum Gasteiger partial charge on any atom is -0.480 e. The van der Waals surface area contributed by atoms with Crippen molar-refractivity contribution in [1.29, 1.82) is 0 Å². The molecule has 108 valence electrons. The molecule has 1 N–H and O–H groups in total. The molecule has 0 saturated carbocycles. The minimum absolute atomic E-state index is 0.0465. The Bertz CT molecular complexity index is 503. The van der Waals surface area contributed by atoms with E-state index in [9.17, 15) is 9.59 Å². The fraction of sp³-hybridized carbons (Fsp3) is 0.467. The Labute approximate surface area is 118 Å². The van der Waals surface area contributed by atoms with Crippen LogP contribution in [-0.2, 0) is 20.7 Å². The van der Waals surface area contributed by atoms with Crippen molar-refractivity contribution in [3.05, 3.63) is 35.4 Å². The van der Waals surface area contributed by atoms with Crippen LogP contribution >= 0.6 is 0 Å². The molecule has 1 aromatic carbocycles.